The highest BCUT2D eigenvalue weighted by Gasteiger charge is 2.19. The summed E-state index contributed by atoms with van der Waals surface area (Å²) in [7, 11) is 0. The average molecular weight is 421 g/mol. The summed E-state index contributed by atoms with van der Waals surface area (Å²) >= 11 is 1.30. The monoisotopic (exact) mass is 421 g/mol. The Hall–Kier alpha value is -3.32. The number of benzene rings is 2. The Balaban J connectivity index is 1.46. The minimum atomic E-state index is -0.434. The van der Waals surface area contributed by atoms with Gasteiger partial charge in [0.1, 0.15) is 18.8 Å². The van der Waals surface area contributed by atoms with Crippen LogP contribution in [-0.2, 0) is 0 Å². The Kier molecular flexibility index (Phi) is 4.47. The first kappa shape index (κ1) is 18.7. The van der Waals surface area contributed by atoms with Crippen molar-refractivity contribution in [3.63, 3.8) is 0 Å². The van der Waals surface area contributed by atoms with E-state index in [0.29, 0.717) is 40.6 Å². The Morgan fingerprint density at radius 3 is 2.67 bits per heavy atom. The number of nitrogens with one attached hydrogen (secondary N) is 1. The lowest BCUT2D eigenvalue weighted by atomic mass is 10.1. The van der Waals surface area contributed by atoms with Gasteiger partial charge in [-0.1, -0.05) is 17.7 Å². The van der Waals surface area contributed by atoms with E-state index in [1.807, 2.05) is 44.2 Å². The third-order valence-electron chi connectivity index (χ3n) is 5.17. The van der Waals surface area contributed by atoms with Gasteiger partial charge in [0.05, 0.1) is 21.0 Å². The Morgan fingerprint density at radius 1 is 1.03 bits per heavy atom. The molecule has 1 amide bonds. The van der Waals surface area contributed by atoms with Gasteiger partial charge in [-0.05, 0) is 49.7 Å². The summed E-state index contributed by atoms with van der Waals surface area (Å²) in [6.45, 7) is 4.93. The number of hydrogen-bond donors (Lipinski definition) is 1. The second-order valence-corrected chi connectivity index (χ2v) is 8.39. The van der Waals surface area contributed by atoms with Crippen LogP contribution in [0.5, 0.6) is 11.5 Å². The second kappa shape index (κ2) is 7.18. The molecular weight excluding hydrogens is 402 g/mol. The second-order valence-electron chi connectivity index (χ2n) is 7.34. The van der Waals surface area contributed by atoms with E-state index in [1.165, 1.54) is 11.3 Å². The average Bonchev–Trinajstić information content (AvgIpc) is 3.21. The number of amides is 1. The van der Waals surface area contributed by atoms with Crippen molar-refractivity contribution in [1.29, 1.82) is 0 Å². The zero-order chi connectivity index (χ0) is 20.8. The van der Waals surface area contributed by atoms with Crippen LogP contribution < -0.4 is 20.4 Å². The van der Waals surface area contributed by atoms with Gasteiger partial charge in [-0.25, -0.2) is 4.79 Å². The van der Waals surface area contributed by atoms with Gasteiger partial charge >= 0.3 is 5.63 Å². The maximum absolute atomic E-state index is 12.9. The Labute approximate surface area is 176 Å². The molecule has 152 valence electrons. The van der Waals surface area contributed by atoms with Crippen molar-refractivity contribution >= 4 is 38.3 Å². The number of ether oxygens (including phenoxy) is 2. The van der Waals surface area contributed by atoms with Crippen LogP contribution in [0.3, 0.4) is 0 Å². The van der Waals surface area contributed by atoms with Crippen molar-refractivity contribution in [3.05, 3.63) is 68.9 Å². The van der Waals surface area contributed by atoms with Crippen LogP contribution in [0.25, 0.3) is 21.1 Å². The molecule has 0 fully saturated rings. The minimum Gasteiger partial charge on any atom is -0.486 e. The van der Waals surface area contributed by atoms with Crippen LogP contribution in [0, 0.1) is 6.92 Å². The van der Waals surface area contributed by atoms with Crippen molar-refractivity contribution in [2.45, 2.75) is 19.9 Å². The molecule has 0 radical (unpaired) electrons. The first-order valence-electron chi connectivity index (χ1n) is 9.67. The normalized spacial score (nSPS) is 14.1. The van der Waals surface area contributed by atoms with Gasteiger partial charge in [0.15, 0.2) is 11.5 Å². The molecule has 1 atom stereocenters. The topological polar surface area (TPSA) is 77.8 Å². The molecule has 1 aliphatic rings. The summed E-state index contributed by atoms with van der Waals surface area (Å²) in [6.07, 6.45) is 0. The van der Waals surface area contributed by atoms with Crippen LogP contribution in [0.15, 0.2) is 51.7 Å². The van der Waals surface area contributed by atoms with Crippen molar-refractivity contribution < 1.29 is 18.7 Å². The smallest absolute Gasteiger partial charge is 0.345 e. The summed E-state index contributed by atoms with van der Waals surface area (Å²) in [6, 6.07) is 12.7. The quantitative estimate of drug-likeness (QED) is 0.490. The van der Waals surface area contributed by atoms with Gasteiger partial charge in [-0.15, -0.1) is 11.3 Å². The summed E-state index contributed by atoms with van der Waals surface area (Å²) in [5.74, 6) is 1.15. The maximum Gasteiger partial charge on any atom is 0.345 e. The molecule has 1 N–H and O–H groups in total. The summed E-state index contributed by atoms with van der Waals surface area (Å²) < 4.78 is 17.4. The van der Waals surface area contributed by atoms with E-state index in [4.69, 9.17) is 13.9 Å². The number of hydrogen-bond acceptors (Lipinski definition) is 6. The minimum absolute atomic E-state index is 0.237. The van der Waals surface area contributed by atoms with E-state index in [-0.39, 0.29) is 11.9 Å². The molecule has 5 rings (SSSR count). The fourth-order valence-corrected chi connectivity index (χ4v) is 4.67. The molecule has 0 aliphatic carbocycles. The molecule has 3 heterocycles. The molecular formula is C23H19NO5S. The third-order valence-corrected chi connectivity index (χ3v) is 6.34. The fraction of sp³-hybridized carbons (Fsp3) is 0.217. The number of thiophene rings is 1. The molecule has 30 heavy (non-hydrogen) atoms. The van der Waals surface area contributed by atoms with Gasteiger partial charge < -0.3 is 19.2 Å². The van der Waals surface area contributed by atoms with Gasteiger partial charge in [0.2, 0.25) is 0 Å². The number of rotatable bonds is 3. The fourth-order valence-electron chi connectivity index (χ4n) is 3.60. The van der Waals surface area contributed by atoms with Gasteiger partial charge in [-0.3, -0.25) is 4.79 Å². The van der Waals surface area contributed by atoms with Crippen LogP contribution in [0.4, 0.5) is 0 Å². The summed E-state index contributed by atoms with van der Waals surface area (Å²) in [4.78, 5) is 25.8. The van der Waals surface area contributed by atoms with E-state index in [9.17, 15) is 9.59 Å². The number of aryl methyl sites for hydroxylation is 1. The van der Waals surface area contributed by atoms with Crippen LogP contribution in [0.2, 0.25) is 0 Å². The number of carbonyl (C=O) groups is 1. The van der Waals surface area contributed by atoms with E-state index in [2.05, 4.69) is 5.32 Å². The predicted molar refractivity (Wildman–Crippen MR) is 116 cm³/mol. The standard InChI is InChI=1S/C23H19NO5S/c1-12-3-5-17-15(9-12)21-16(23(26)29-17)11-20(30-21)22(25)24-13(2)14-4-6-18-19(10-14)28-8-7-27-18/h3-6,9-11,13H,7-8H2,1-2H3,(H,24,25). The highest BCUT2D eigenvalue weighted by molar-refractivity contribution is 7.21. The third kappa shape index (κ3) is 3.21. The van der Waals surface area contributed by atoms with E-state index in [1.54, 1.807) is 12.1 Å². The van der Waals surface area contributed by atoms with E-state index < -0.39 is 5.63 Å². The largest absolute Gasteiger partial charge is 0.486 e. The lowest BCUT2D eigenvalue weighted by Gasteiger charge is -2.21. The summed E-state index contributed by atoms with van der Waals surface area (Å²) in [5.41, 5.74) is 2.06. The highest BCUT2D eigenvalue weighted by atomic mass is 32.1. The van der Waals surface area contributed by atoms with Crippen molar-refractivity contribution in [3.8, 4) is 11.5 Å². The Bertz CT molecular complexity index is 1350. The molecule has 4 aromatic rings. The molecule has 1 unspecified atom stereocenters. The molecule has 0 saturated carbocycles. The van der Waals surface area contributed by atoms with Crippen molar-refractivity contribution in [2.75, 3.05) is 13.2 Å². The zero-order valence-electron chi connectivity index (χ0n) is 16.5. The molecule has 6 nitrogen and oxygen atoms in total. The maximum atomic E-state index is 12.9. The van der Waals surface area contributed by atoms with Gasteiger partial charge in [0, 0.05) is 5.39 Å². The molecule has 0 saturated heterocycles. The number of fused-ring (bicyclic) bond motifs is 4. The van der Waals surface area contributed by atoms with E-state index >= 15 is 0 Å². The number of carbonyl (C=O) groups excluding carboxylic acids is 1. The van der Waals surface area contributed by atoms with Crippen molar-refractivity contribution in [2.24, 2.45) is 0 Å². The lowest BCUT2D eigenvalue weighted by molar-refractivity contribution is 0.0944. The molecule has 7 heteroatoms. The SMILES string of the molecule is Cc1ccc2oc(=O)c3cc(C(=O)NC(C)c4ccc5c(c4)OCCO5)sc3c2c1. The molecule has 2 aromatic heterocycles. The molecule has 0 bridgehead atoms. The van der Waals surface area contributed by atoms with Crippen LogP contribution in [0.1, 0.15) is 33.8 Å². The Morgan fingerprint density at radius 2 is 1.83 bits per heavy atom. The summed E-state index contributed by atoms with van der Waals surface area (Å²) in [5, 5.41) is 4.27. The van der Waals surface area contributed by atoms with Crippen molar-refractivity contribution in [1.82, 2.24) is 5.32 Å². The zero-order valence-corrected chi connectivity index (χ0v) is 17.3. The van der Waals surface area contributed by atoms with E-state index in [0.717, 1.165) is 21.2 Å². The highest BCUT2D eigenvalue weighted by Crippen LogP contribution is 2.34. The molecule has 0 spiro atoms. The van der Waals surface area contributed by atoms with Crippen LogP contribution >= 0.6 is 11.3 Å². The van der Waals surface area contributed by atoms with Crippen LogP contribution in [-0.4, -0.2) is 19.1 Å². The van der Waals surface area contributed by atoms with Gasteiger partial charge in [-0.2, -0.15) is 0 Å². The molecule has 1 aliphatic heterocycles. The predicted octanol–water partition coefficient (Wildman–Crippen LogP) is 4.58. The first-order chi connectivity index (χ1) is 14.5. The molecule has 2 aromatic carbocycles. The first-order valence-corrected chi connectivity index (χ1v) is 10.5. The lowest BCUT2D eigenvalue weighted by Crippen LogP contribution is -2.26. The van der Waals surface area contributed by atoms with Gasteiger partial charge in [0.25, 0.3) is 5.91 Å².